The van der Waals surface area contributed by atoms with Crippen LogP contribution in [-0.2, 0) is 14.3 Å². The van der Waals surface area contributed by atoms with E-state index >= 15 is 0 Å². The Morgan fingerprint density at radius 3 is 2.23 bits per heavy atom. The van der Waals surface area contributed by atoms with Crippen molar-refractivity contribution in [1.82, 2.24) is 5.32 Å². The molecule has 5 heteroatoms. The molecule has 3 aliphatic rings. The number of para-hydroxylation sites is 1. The number of ketones is 1. The molecule has 1 saturated carbocycles. The van der Waals surface area contributed by atoms with Gasteiger partial charge in [0.2, 0.25) is 0 Å². The smallest absolute Gasteiger partial charge is 0.337 e. The van der Waals surface area contributed by atoms with Crippen LogP contribution < -0.4 is 10.1 Å². The van der Waals surface area contributed by atoms with Gasteiger partial charge in [-0.25, -0.2) is 4.79 Å². The molecule has 0 unspecified atom stereocenters. The Hall–Kier alpha value is -4.12. The van der Waals surface area contributed by atoms with Crippen LogP contribution in [0.5, 0.6) is 11.5 Å². The summed E-state index contributed by atoms with van der Waals surface area (Å²) in [7, 11) is 0. The number of carbonyl (C=O) groups is 2. The second kappa shape index (κ2) is 11.5. The van der Waals surface area contributed by atoms with Gasteiger partial charge in [0.05, 0.1) is 5.57 Å². The molecule has 2 aliphatic carbocycles. The molecule has 0 radical (unpaired) electrons. The molecule has 0 amide bonds. The first-order chi connectivity index (χ1) is 19.6. The molecule has 0 saturated heterocycles. The lowest BCUT2D eigenvalue weighted by Crippen LogP contribution is -2.37. The number of esters is 1. The van der Waals surface area contributed by atoms with Gasteiger partial charge in [0, 0.05) is 29.3 Å². The summed E-state index contributed by atoms with van der Waals surface area (Å²) in [4.78, 5) is 27.8. The van der Waals surface area contributed by atoms with E-state index < -0.39 is 5.92 Å². The first-order valence-electron chi connectivity index (χ1n) is 14.4. The summed E-state index contributed by atoms with van der Waals surface area (Å²) in [5.41, 5.74) is 4.85. The van der Waals surface area contributed by atoms with Crippen LogP contribution in [0.3, 0.4) is 0 Å². The van der Waals surface area contributed by atoms with Gasteiger partial charge in [0.15, 0.2) is 5.78 Å². The minimum atomic E-state index is -0.518. The lowest BCUT2D eigenvalue weighted by molar-refractivity contribution is -0.146. The normalized spacial score (nSPS) is 21.5. The van der Waals surface area contributed by atoms with Crippen molar-refractivity contribution in [2.24, 2.45) is 0 Å². The number of allylic oxidation sites excluding steroid dienone is 3. The third-order valence-electron chi connectivity index (χ3n) is 8.31. The highest BCUT2D eigenvalue weighted by atomic mass is 16.5. The Balaban J connectivity index is 1.38. The number of rotatable bonds is 6. The number of hydrogen-bond donors (Lipinski definition) is 1. The molecule has 1 N–H and O–H groups in total. The highest BCUT2D eigenvalue weighted by Crippen LogP contribution is 2.46. The second-order valence-corrected chi connectivity index (χ2v) is 11.1. The number of ether oxygens (including phenoxy) is 2. The van der Waals surface area contributed by atoms with Gasteiger partial charge in [-0.2, -0.15) is 0 Å². The van der Waals surface area contributed by atoms with Crippen LogP contribution in [0, 0.1) is 0 Å². The van der Waals surface area contributed by atoms with E-state index in [0.717, 1.165) is 54.0 Å². The third kappa shape index (κ3) is 5.46. The summed E-state index contributed by atoms with van der Waals surface area (Å²) in [6, 6.07) is 27.6. The highest BCUT2D eigenvalue weighted by Gasteiger charge is 2.42. The Bertz CT molecular complexity index is 1450. The maximum Gasteiger partial charge on any atom is 0.337 e. The number of carbonyl (C=O) groups excluding carboxylic acids is 2. The summed E-state index contributed by atoms with van der Waals surface area (Å²) < 4.78 is 12.2. The van der Waals surface area contributed by atoms with Crippen LogP contribution in [0.4, 0.5) is 0 Å². The number of hydrogen-bond acceptors (Lipinski definition) is 5. The van der Waals surface area contributed by atoms with Gasteiger partial charge in [-0.1, -0.05) is 67.1 Å². The Morgan fingerprint density at radius 2 is 1.48 bits per heavy atom. The van der Waals surface area contributed by atoms with Crippen molar-refractivity contribution in [3.05, 3.63) is 119 Å². The first-order valence-corrected chi connectivity index (χ1v) is 14.4. The quantitative estimate of drug-likeness (QED) is 0.329. The van der Waals surface area contributed by atoms with E-state index in [-0.39, 0.29) is 23.8 Å². The molecule has 204 valence electrons. The van der Waals surface area contributed by atoms with Crippen LogP contribution in [0.15, 0.2) is 107 Å². The van der Waals surface area contributed by atoms with E-state index in [4.69, 9.17) is 9.47 Å². The highest BCUT2D eigenvalue weighted by molar-refractivity contribution is 6.04. The minimum absolute atomic E-state index is 0.0671. The van der Waals surface area contributed by atoms with E-state index in [9.17, 15) is 9.59 Å². The molecule has 6 rings (SSSR count). The van der Waals surface area contributed by atoms with Crippen molar-refractivity contribution in [3.8, 4) is 11.5 Å². The summed E-state index contributed by atoms with van der Waals surface area (Å²) >= 11 is 0. The van der Waals surface area contributed by atoms with Crippen molar-refractivity contribution in [3.63, 3.8) is 0 Å². The maximum atomic E-state index is 13.9. The number of Topliss-reactive ketones (excluding diaryl/α,β-unsaturated/α-hetero) is 1. The zero-order valence-corrected chi connectivity index (χ0v) is 22.9. The molecular formula is C35H35NO4. The Kier molecular flexibility index (Phi) is 7.54. The summed E-state index contributed by atoms with van der Waals surface area (Å²) in [5, 5.41) is 3.48. The summed E-state index contributed by atoms with van der Waals surface area (Å²) in [6.45, 7) is 1.93. The van der Waals surface area contributed by atoms with Crippen LogP contribution in [0.1, 0.15) is 74.8 Å². The van der Waals surface area contributed by atoms with E-state index in [2.05, 4.69) is 17.4 Å². The monoisotopic (exact) mass is 533 g/mol. The lowest BCUT2D eigenvalue weighted by Gasteiger charge is -2.37. The van der Waals surface area contributed by atoms with Gasteiger partial charge in [-0.15, -0.1) is 0 Å². The summed E-state index contributed by atoms with van der Waals surface area (Å²) in [5.74, 6) is 0.700. The minimum Gasteiger partial charge on any atom is -0.459 e. The zero-order chi connectivity index (χ0) is 27.5. The first kappa shape index (κ1) is 26.1. The molecule has 2 atom stereocenters. The lowest BCUT2D eigenvalue weighted by atomic mass is 9.71. The van der Waals surface area contributed by atoms with E-state index in [1.54, 1.807) is 0 Å². The van der Waals surface area contributed by atoms with Gasteiger partial charge in [-0.3, -0.25) is 4.79 Å². The van der Waals surface area contributed by atoms with E-state index in [1.165, 1.54) is 6.42 Å². The number of benzene rings is 3. The van der Waals surface area contributed by atoms with Crippen LogP contribution >= 0.6 is 0 Å². The molecular weight excluding hydrogens is 498 g/mol. The molecule has 1 aliphatic heterocycles. The van der Waals surface area contributed by atoms with Crippen molar-refractivity contribution >= 4 is 11.8 Å². The number of nitrogens with one attached hydrogen (secondary N) is 1. The van der Waals surface area contributed by atoms with Gasteiger partial charge in [0.1, 0.15) is 17.6 Å². The fraction of sp³-hybridized carbons (Fsp3) is 0.314. The predicted molar refractivity (Wildman–Crippen MR) is 155 cm³/mol. The van der Waals surface area contributed by atoms with Crippen LogP contribution in [0.2, 0.25) is 0 Å². The molecule has 3 aromatic carbocycles. The standard InChI is InChI=1S/C35H35NO4/c1-23-32(35(38)40-28-17-9-4-10-18-28)33(25-14-11-19-29(20-25)39-27-15-7-3-8-16-27)34-30(36-23)21-26(22-31(34)37)24-12-5-2-6-13-24/h2-3,5-8,11-16,19-20,26,28,33,36H,4,9-10,17-18,21-22H2,1H3/t26-,33+/m0/s1. The fourth-order valence-corrected chi connectivity index (χ4v) is 6.38. The average Bonchev–Trinajstić information content (AvgIpc) is 2.98. The molecule has 0 spiro atoms. The molecule has 0 bridgehead atoms. The van der Waals surface area contributed by atoms with Crippen molar-refractivity contribution in [1.29, 1.82) is 0 Å². The Labute approximate surface area is 235 Å². The maximum absolute atomic E-state index is 13.9. The average molecular weight is 534 g/mol. The molecule has 1 fully saturated rings. The van der Waals surface area contributed by atoms with E-state index in [0.29, 0.717) is 29.7 Å². The van der Waals surface area contributed by atoms with Gasteiger partial charge < -0.3 is 14.8 Å². The zero-order valence-electron chi connectivity index (χ0n) is 22.9. The van der Waals surface area contributed by atoms with Gasteiger partial charge in [0.25, 0.3) is 0 Å². The molecule has 40 heavy (non-hydrogen) atoms. The summed E-state index contributed by atoms with van der Waals surface area (Å²) in [6.07, 6.45) is 6.16. The van der Waals surface area contributed by atoms with Crippen molar-refractivity contribution in [2.75, 3.05) is 0 Å². The predicted octanol–water partition coefficient (Wildman–Crippen LogP) is 7.72. The molecule has 3 aromatic rings. The van der Waals surface area contributed by atoms with Gasteiger partial charge in [-0.05, 0) is 80.3 Å². The second-order valence-electron chi connectivity index (χ2n) is 11.1. The van der Waals surface area contributed by atoms with Crippen molar-refractivity contribution in [2.45, 2.75) is 69.8 Å². The molecule has 5 nitrogen and oxygen atoms in total. The Morgan fingerprint density at radius 1 is 0.800 bits per heavy atom. The van der Waals surface area contributed by atoms with Crippen LogP contribution in [0.25, 0.3) is 0 Å². The third-order valence-corrected chi connectivity index (χ3v) is 8.31. The van der Waals surface area contributed by atoms with Crippen LogP contribution in [-0.4, -0.2) is 17.9 Å². The molecule has 0 aromatic heterocycles. The van der Waals surface area contributed by atoms with Gasteiger partial charge >= 0.3 is 5.97 Å². The fourth-order valence-electron chi connectivity index (χ4n) is 6.38. The number of dihydropyridines is 1. The van der Waals surface area contributed by atoms with Crippen molar-refractivity contribution < 1.29 is 19.1 Å². The SMILES string of the molecule is CC1=C(C(=O)OC2CCCCC2)[C@@H](c2cccc(Oc3ccccc3)c2)C2=C(C[C@H](c3ccccc3)CC2=O)N1. The molecule has 1 heterocycles. The van der Waals surface area contributed by atoms with E-state index in [1.807, 2.05) is 79.7 Å². The topological polar surface area (TPSA) is 64.6 Å². The largest absolute Gasteiger partial charge is 0.459 e.